The molecule has 1 N–H and O–H groups in total. The summed E-state index contributed by atoms with van der Waals surface area (Å²) in [5.41, 5.74) is 1.86. The molecule has 0 unspecified atom stereocenters. The molecule has 0 heterocycles. The average Bonchev–Trinajstić information content (AvgIpc) is 2.37. The third-order valence-electron chi connectivity index (χ3n) is 2.85. The fourth-order valence-electron chi connectivity index (χ4n) is 1.65. The molecule has 0 fully saturated rings. The van der Waals surface area contributed by atoms with Crippen molar-refractivity contribution in [3.8, 4) is 12.1 Å². The number of nitrogens with zero attached hydrogens (tertiary/aromatic N) is 2. The zero-order valence-corrected chi connectivity index (χ0v) is 11.0. The summed E-state index contributed by atoms with van der Waals surface area (Å²) >= 11 is 0. The summed E-state index contributed by atoms with van der Waals surface area (Å²) in [5, 5.41) is 20.8. The second kappa shape index (κ2) is 6.67. The highest BCUT2D eigenvalue weighted by atomic mass is 14.9. The van der Waals surface area contributed by atoms with Crippen LogP contribution in [0.3, 0.4) is 0 Å². The first-order chi connectivity index (χ1) is 8.57. The van der Waals surface area contributed by atoms with E-state index >= 15 is 0 Å². The molecule has 94 valence electrons. The maximum atomic E-state index is 8.89. The van der Waals surface area contributed by atoms with Gasteiger partial charge in [-0.2, -0.15) is 10.5 Å². The topological polar surface area (TPSA) is 59.6 Å². The smallest absolute Gasteiger partial charge is 0.0683 e. The summed E-state index contributed by atoms with van der Waals surface area (Å²) in [6.45, 7) is 4.79. The predicted molar refractivity (Wildman–Crippen MR) is 72.9 cm³/mol. The van der Waals surface area contributed by atoms with Gasteiger partial charge in [0.15, 0.2) is 0 Å². The maximum absolute atomic E-state index is 8.89. The minimum Gasteiger partial charge on any atom is -0.385 e. The molecule has 0 amide bonds. The Labute approximate surface area is 109 Å². The molecule has 0 spiro atoms. The van der Waals surface area contributed by atoms with Crippen LogP contribution >= 0.6 is 0 Å². The fraction of sp³-hybridized carbons (Fsp3) is 0.467. The fourth-order valence-corrected chi connectivity index (χ4v) is 1.65. The van der Waals surface area contributed by atoms with Gasteiger partial charge in [-0.1, -0.05) is 12.1 Å². The quantitative estimate of drug-likeness (QED) is 0.775. The van der Waals surface area contributed by atoms with Crippen molar-refractivity contribution in [1.29, 1.82) is 10.5 Å². The number of hydrogen-bond donors (Lipinski definition) is 1. The van der Waals surface area contributed by atoms with Gasteiger partial charge in [0.2, 0.25) is 0 Å². The molecule has 0 radical (unpaired) electrons. The van der Waals surface area contributed by atoms with Crippen LogP contribution < -0.4 is 5.32 Å². The number of anilines is 1. The first-order valence-electron chi connectivity index (χ1n) is 6.18. The van der Waals surface area contributed by atoms with E-state index in [4.69, 9.17) is 10.5 Å². The molecule has 0 saturated heterocycles. The van der Waals surface area contributed by atoms with Crippen molar-refractivity contribution in [3.63, 3.8) is 0 Å². The molecule has 3 heteroatoms. The van der Waals surface area contributed by atoms with Gasteiger partial charge in [-0.3, -0.25) is 0 Å². The number of rotatable bonds is 6. The lowest BCUT2D eigenvalue weighted by Gasteiger charge is -2.15. The molecule has 0 bridgehead atoms. The maximum Gasteiger partial charge on any atom is 0.0683 e. The molecule has 3 nitrogen and oxygen atoms in total. The standard InChI is InChI=1S/C15H19N3/c1-15(2,12-17)9-3-11-18-14-6-4-13(5-7-14)8-10-16/h4-7,18H,3,8-9,11H2,1-2H3. The minimum atomic E-state index is -0.238. The van der Waals surface area contributed by atoms with Gasteiger partial charge in [0, 0.05) is 12.2 Å². The van der Waals surface area contributed by atoms with Crippen molar-refractivity contribution < 1.29 is 0 Å². The third kappa shape index (κ3) is 4.89. The van der Waals surface area contributed by atoms with Crippen LogP contribution in [0.1, 0.15) is 32.3 Å². The van der Waals surface area contributed by atoms with Crippen molar-refractivity contribution in [3.05, 3.63) is 29.8 Å². The average molecular weight is 241 g/mol. The molecule has 1 aromatic carbocycles. The normalized spacial score (nSPS) is 10.4. The van der Waals surface area contributed by atoms with Gasteiger partial charge < -0.3 is 5.32 Å². The van der Waals surface area contributed by atoms with Gasteiger partial charge in [0.25, 0.3) is 0 Å². The van der Waals surface area contributed by atoms with Crippen LogP contribution in [0.25, 0.3) is 0 Å². The van der Waals surface area contributed by atoms with E-state index < -0.39 is 0 Å². The van der Waals surface area contributed by atoms with Gasteiger partial charge in [-0.05, 0) is 44.4 Å². The van der Waals surface area contributed by atoms with Gasteiger partial charge in [-0.25, -0.2) is 0 Å². The lowest BCUT2D eigenvalue weighted by atomic mass is 9.90. The second-order valence-electron chi connectivity index (χ2n) is 5.06. The van der Waals surface area contributed by atoms with E-state index in [0.717, 1.165) is 30.6 Å². The molecule has 18 heavy (non-hydrogen) atoms. The van der Waals surface area contributed by atoms with E-state index in [1.165, 1.54) is 0 Å². The van der Waals surface area contributed by atoms with Crippen LogP contribution in [0.15, 0.2) is 24.3 Å². The van der Waals surface area contributed by atoms with Crippen molar-refractivity contribution in [2.24, 2.45) is 5.41 Å². The molecular formula is C15H19N3. The van der Waals surface area contributed by atoms with Crippen LogP contribution in [-0.2, 0) is 6.42 Å². The molecule has 0 aliphatic rings. The lowest BCUT2D eigenvalue weighted by molar-refractivity contribution is 0.441. The van der Waals surface area contributed by atoms with Crippen molar-refractivity contribution in [1.82, 2.24) is 0 Å². The highest BCUT2D eigenvalue weighted by Gasteiger charge is 2.15. The summed E-state index contributed by atoms with van der Waals surface area (Å²) in [5.74, 6) is 0. The first-order valence-corrected chi connectivity index (χ1v) is 6.18. The molecule has 0 saturated carbocycles. The largest absolute Gasteiger partial charge is 0.385 e. The number of hydrogen-bond acceptors (Lipinski definition) is 3. The minimum absolute atomic E-state index is 0.238. The Morgan fingerprint density at radius 1 is 1.17 bits per heavy atom. The Morgan fingerprint density at radius 2 is 1.83 bits per heavy atom. The summed E-state index contributed by atoms with van der Waals surface area (Å²) < 4.78 is 0. The van der Waals surface area contributed by atoms with Gasteiger partial charge in [0.1, 0.15) is 0 Å². The molecule has 0 aromatic heterocycles. The number of nitriles is 2. The van der Waals surface area contributed by atoms with Crippen LogP contribution in [0.2, 0.25) is 0 Å². The molecule has 0 aliphatic carbocycles. The highest BCUT2D eigenvalue weighted by molar-refractivity contribution is 5.44. The Bertz CT molecular complexity index is 446. The zero-order valence-electron chi connectivity index (χ0n) is 11.0. The SMILES string of the molecule is CC(C)(C#N)CCCNc1ccc(CC#N)cc1. The van der Waals surface area contributed by atoms with E-state index in [9.17, 15) is 0 Å². The summed E-state index contributed by atoms with van der Waals surface area (Å²) in [6, 6.07) is 12.3. The summed E-state index contributed by atoms with van der Waals surface area (Å²) in [7, 11) is 0. The third-order valence-corrected chi connectivity index (χ3v) is 2.85. The first kappa shape index (κ1) is 14.1. The summed E-state index contributed by atoms with van der Waals surface area (Å²) in [4.78, 5) is 0. The van der Waals surface area contributed by atoms with E-state index in [-0.39, 0.29) is 5.41 Å². The molecule has 1 aromatic rings. The Kier molecular flexibility index (Phi) is 5.21. The van der Waals surface area contributed by atoms with E-state index in [1.54, 1.807) is 0 Å². The molecule has 1 rings (SSSR count). The Balaban J connectivity index is 2.32. The molecular weight excluding hydrogens is 222 g/mol. The highest BCUT2D eigenvalue weighted by Crippen LogP contribution is 2.20. The van der Waals surface area contributed by atoms with Crippen molar-refractivity contribution in [2.75, 3.05) is 11.9 Å². The summed E-state index contributed by atoms with van der Waals surface area (Å²) in [6.07, 6.45) is 2.32. The Morgan fingerprint density at radius 3 is 2.39 bits per heavy atom. The number of nitrogens with one attached hydrogen (secondary N) is 1. The van der Waals surface area contributed by atoms with E-state index in [0.29, 0.717) is 6.42 Å². The van der Waals surface area contributed by atoms with Gasteiger partial charge in [0.05, 0.1) is 24.0 Å². The lowest BCUT2D eigenvalue weighted by Crippen LogP contribution is -2.11. The molecule has 0 atom stereocenters. The van der Waals surface area contributed by atoms with Crippen LogP contribution in [-0.4, -0.2) is 6.54 Å². The number of benzene rings is 1. The zero-order chi connectivity index (χ0) is 13.4. The Hall–Kier alpha value is -2.00. The van der Waals surface area contributed by atoms with Crippen LogP contribution in [0.4, 0.5) is 5.69 Å². The predicted octanol–water partition coefficient (Wildman–Crippen LogP) is 3.49. The van der Waals surface area contributed by atoms with Crippen LogP contribution in [0.5, 0.6) is 0 Å². The van der Waals surface area contributed by atoms with E-state index in [1.807, 2.05) is 38.1 Å². The van der Waals surface area contributed by atoms with Crippen molar-refractivity contribution in [2.45, 2.75) is 33.1 Å². The van der Waals surface area contributed by atoms with Gasteiger partial charge in [-0.15, -0.1) is 0 Å². The molecule has 0 aliphatic heterocycles. The second-order valence-corrected chi connectivity index (χ2v) is 5.06. The van der Waals surface area contributed by atoms with E-state index in [2.05, 4.69) is 17.5 Å². The van der Waals surface area contributed by atoms with Crippen molar-refractivity contribution >= 4 is 5.69 Å². The van der Waals surface area contributed by atoms with Crippen LogP contribution in [0, 0.1) is 28.1 Å². The van der Waals surface area contributed by atoms with Gasteiger partial charge >= 0.3 is 0 Å². The monoisotopic (exact) mass is 241 g/mol.